The molecule has 8 atom stereocenters. The molecule has 0 aromatic carbocycles. The molecule has 4 rings (SSSR count). The van der Waals surface area contributed by atoms with Gasteiger partial charge in [0.1, 0.15) is 12.2 Å². The summed E-state index contributed by atoms with van der Waals surface area (Å²) in [6.45, 7) is 8.60. The molecule has 4 aliphatic carbocycles. The third-order valence-corrected chi connectivity index (χ3v) is 9.43. The summed E-state index contributed by atoms with van der Waals surface area (Å²) in [5, 5.41) is 11.6. The van der Waals surface area contributed by atoms with Crippen molar-refractivity contribution in [1.29, 1.82) is 0 Å². The summed E-state index contributed by atoms with van der Waals surface area (Å²) in [7, 11) is 0. The number of Topliss-reactive ketones (excluding diaryl/α,β-unsaturated/α-hetero) is 1. The molecule has 0 heterocycles. The van der Waals surface area contributed by atoms with Crippen LogP contribution in [0, 0.1) is 28.6 Å². The van der Waals surface area contributed by atoms with Gasteiger partial charge in [0.15, 0.2) is 11.4 Å². The molecule has 0 radical (unpaired) electrons. The molecule has 172 valence electrons. The van der Waals surface area contributed by atoms with Gasteiger partial charge >= 0.3 is 11.9 Å². The maximum atomic E-state index is 12.7. The number of carbonyl (C=O) groups is 3. The Morgan fingerprint density at radius 2 is 1.68 bits per heavy atom. The molecule has 0 aliphatic heterocycles. The fraction of sp³-hybridized carbons (Fsp3) is 0.800. The molecule has 31 heavy (non-hydrogen) atoms. The van der Waals surface area contributed by atoms with Crippen LogP contribution in [0.3, 0.4) is 0 Å². The summed E-state index contributed by atoms with van der Waals surface area (Å²) in [5.41, 5.74) is -0.788. The van der Waals surface area contributed by atoms with Gasteiger partial charge in [0, 0.05) is 25.7 Å². The van der Waals surface area contributed by atoms with Gasteiger partial charge in [-0.3, -0.25) is 14.4 Å². The first-order valence-corrected chi connectivity index (χ1v) is 11.7. The third-order valence-electron chi connectivity index (χ3n) is 9.43. The number of ether oxygens (including phenoxy) is 2. The average molecular weight is 433 g/mol. The molecule has 4 aliphatic rings. The summed E-state index contributed by atoms with van der Waals surface area (Å²) in [6.07, 6.45) is 7.25. The normalized spacial score (nSPS) is 46.1. The molecule has 1 N–H and O–H groups in total. The number of hydrogen-bond donors (Lipinski definition) is 1. The summed E-state index contributed by atoms with van der Waals surface area (Å²) >= 11 is 0. The van der Waals surface area contributed by atoms with Crippen LogP contribution < -0.4 is 0 Å². The lowest BCUT2D eigenvalue weighted by atomic mass is 9.46. The van der Waals surface area contributed by atoms with Gasteiger partial charge in [-0.25, -0.2) is 0 Å². The monoisotopic (exact) mass is 432 g/mol. The predicted molar refractivity (Wildman–Crippen MR) is 114 cm³/mol. The van der Waals surface area contributed by atoms with Crippen LogP contribution in [0.5, 0.6) is 0 Å². The molecule has 0 unspecified atom stereocenters. The van der Waals surface area contributed by atoms with E-state index in [1.165, 1.54) is 26.3 Å². The Labute approximate surface area is 184 Å². The quantitative estimate of drug-likeness (QED) is 0.540. The summed E-state index contributed by atoms with van der Waals surface area (Å²) < 4.78 is 11.0. The van der Waals surface area contributed by atoms with Crippen molar-refractivity contribution in [2.45, 2.75) is 97.4 Å². The summed E-state index contributed by atoms with van der Waals surface area (Å²) in [6, 6.07) is 0. The van der Waals surface area contributed by atoms with E-state index >= 15 is 0 Å². The Hall–Kier alpha value is -1.69. The highest BCUT2D eigenvalue weighted by molar-refractivity contribution is 5.87. The summed E-state index contributed by atoms with van der Waals surface area (Å²) in [4.78, 5) is 35.9. The molecular formula is C25H36O6. The number of rotatable bonds is 3. The third kappa shape index (κ3) is 3.20. The van der Waals surface area contributed by atoms with Crippen molar-refractivity contribution >= 4 is 17.7 Å². The highest BCUT2D eigenvalue weighted by Gasteiger charge is 2.70. The number of aliphatic hydroxyl groups is 1. The first kappa shape index (κ1) is 22.5. The van der Waals surface area contributed by atoms with E-state index in [4.69, 9.17) is 9.47 Å². The van der Waals surface area contributed by atoms with Crippen LogP contribution in [-0.2, 0) is 23.9 Å². The van der Waals surface area contributed by atoms with Crippen LogP contribution in [0.4, 0.5) is 0 Å². The van der Waals surface area contributed by atoms with Crippen molar-refractivity contribution in [3.8, 4) is 0 Å². The Bertz CT molecular complexity index is 832. The number of esters is 2. The van der Waals surface area contributed by atoms with Gasteiger partial charge in [-0.15, -0.1) is 0 Å². The number of ketones is 1. The Morgan fingerprint density at radius 3 is 2.29 bits per heavy atom. The lowest BCUT2D eigenvalue weighted by molar-refractivity contribution is -0.184. The Balaban J connectivity index is 1.65. The van der Waals surface area contributed by atoms with Gasteiger partial charge < -0.3 is 14.6 Å². The largest absolute Gasteiger partial charge is 0.462 e. The molecule has 0 amide bonds. The Kier molecular flexibility index (Phi) is 5.39. The lowest BCUT2D eigenvalue weighted by Gasteiger charge is -2.58. The minimum Gasteiger partial charge on any atom is -0.462 e. The van der Waals surface area contributed by atoms with Gasteiger partial charge in [0.2, 0.25) is 0 Å². The smallest absolute Gasteiger partial charge is 0.303 e. The molecule has 0 spiro atoms. The van der Waals surface area contributed by atoms with Crippen LogP contribution >= 0.6 is 0 Å². The zero-order valence-electron chi connectivity index (χ0n) is 19.4. The molecule has 0 aromatic rings. The molecule has 6 nitrogen and oxygen atoms in total. The molecule has 0 bridgehead atoms. The number of carbonyl (C=O) groups excluding carboxylic acids is 3. The van der Waals surface area contributed by atoms with E-state index in [1.54, 1.807) is 0 Å². The highest BCUT2D eigenvalue weighted by Crippen LogP contribution is 2.67. The molecule has 0 aromatic heterocycles. The van der Waals surface area contributed by atoms with Crippen LogP contribution in [0.25, 0.3) is 0 Å². The van der Waals surface area contributed by atoms with E-state index in [0.29, 0.717) is 18.3 Å². The molecule has 0 saturated heterocycles. The van der Waals surface area contributed by atoms with E-state index in [2.05, 4.69) is 13.0 Å². The van der Waals surface area contributed by atoms with E-state index in [1.807, 2.05) is 6.92 Å². The van der Waals surface area contributed by atoms with Crippen LogP contribution in [0.1, 0.15) is 79.6 Å². The number of hydrogen-bond acceptors (Lipinski definition) is 6. The second kappa shape index (κ2) is 7.43. The summed E-state index contributed by atoms with van der Waals surface area (Å²) in [5.74, 6) is -0.0691. The van der Waals surface area contributed by atoms with Crippen molar-refractivity contribution in [3.05, 3.63) is 11.6 Å². The van der Waals surface area contributed by atoms with Crippen molar-refractivity contribution in [3.63, 3.8) is 0 Å². The standard InChI is InChI=1S/C25H36O6/c1-14(26)25(29)22(31-16(3)28)13-21-19-7-6-17-12-18(30-15(2)27)8-10-23(17,4)20(19)9-11-24(21,25)5/h6,18-22,29H,7-13H2,1-5H3/t18-,19-,20+,21+,22+,23-,24-,25-/m0/s1. The predicted octanol–water partition coefficient (Wildman–Crippen LogP) is 3.74. The maximum Gasteiger partial charge on any atom is 0.303 e. The zero-order chi connectivity index (χ0) is 22.8. The van der Waals surface area contributed by atoms with Crippen molar-refractivity contribution < 1.29 is 29.0 Å². The van der Waals surface area contributed by atoms with Crippen LogP contribution in [0.15, 0.2) is 11.6 Å². The number of allylic oxidation sites excluding steroid dienone is 1. The van der Waals surface area contributed by atoms with Gasteiger partial charge in [0.05, 0.1) is 0 Å². The van der Waals surface area contributed by atoms with Crippen LogP contribution in [0.2, 0.25) is 0 Å². The minimum atomic E-state index is -1.63. The molecule has 3 saturated carbocycles. The van der Waals surface area contributed by atoms with E-state index in [0.717, 1.165) is 38.5 Å². The fourth-order valence-electron chi connectivity index (χ4n) is 7.92. The van der Waals surface area contributed by atoms with Gasteiger partial charge in [0.25, 0.3) is 0 Å². The topological polar surface area (TPSA) is 89.9 Å². The Morgan fingerprint density at radius 1 is 1.00 bits per heavy atom. The van der Waals surface area contributed by atoms with Crippen molar-refractivity contribution in [1.82, 2.24) is 0 Å². The first-order valence-electron chi connectivity index (χ1n) is 11.7. The lowest BCUT2D eigenvalue weighted by Crippen LogP contribution is -2.60. The van der Waals surface area contributed by atoms with Crippen molar-refractivity contribution in [2.75, 3.05) is 0 Å². The van der Waals surface area contributed by atoms with Gasteiger partial charge in [-0.2, -0.15) is 0 Å². The minimum absolute atomic E-state index is 0.0372. The SMILES string of the molecule is CC(=O)O[C@H]1CC[C@@]2(C)C(=CC[C@H]3[C@H]2CC[C@@]2(C)[C@@H]3C[C@@H](OC(C)=O)[C@@]2(O)C(C)=O)C1. The van der Waals surface area contributed by atoms with E-state index in [-0.39, 0.29) is 29.2 Å². The molecule has 6 heteroatoms. The number of fused-ring (bicyclic) bond motifs is 5. The molecular weight excluding hydrogens is 396 g/mol. The first-order chi connectivity index (χ1) is 14.4. The second-order valence-corrected chi connectivity index (χ2v) is 10.8. The fourth-order valence-corrected chi connectivity index (χ4v) is 7.92. The van der Waals surface area contributed by atoms with Gasteiger partial charge in [-0.05, 0) is 68.6 Å². The van der Waals surface area contributed by atoms with Gasteiger partial charge in [-0.1, -0.05) is 25.5 Å². The maximum absolute atomic E-state index is 12.7. The zero-order valence-corrected chi connectivity index (χ0v) is 19.4. The average Bonchev–Trinajstić information content (AvgIpc) is 2.90. The highest BCUT2D eigenvalue weighted by atomic mass is 16.6. The van der Waals surface area contributed by atoms with E-state index in [9.17, 15) is 19.5 Å². The van der Waals surface area contributed by atoms with Crippen LogP contribution in [-0.4, -0.2) is 40.6 Å². The second-order valence-electron chi connectivity index (χ2n) is 10.8. The van der Waals surface area contributed by atoms with E-state index < -0.39 is 23.1 Å². The van der Waals surface area contributed by atoms with Crippen molar-refractivity contribution in [2.24, 2.45) is 28.6 Å². The molecule has 3 fully saturated rings.